The van der Waals surface area contributed by atoms with Crippen LogP contribution in [-0.4, -0.2) is 71.1 Å². The van der Waals surface area contributed by atoms with E-state index in [0.29, 0.717) is 49.5 Å². The number of aromatic nitrogens is 1. The van der Waals surface area contributed by atoms with E-state index in [2.05, 4.69) is 4.98 Å². The smallest absolute Gasteiger partial charge is 0.257 e. The van der Waals surface area contributed by atoms with Crippen molar-refractivity contribution in [3.05, 3.63) is 59.9 Å². The van der Waals surface area contributed by atoms with E-state index in [1.807, 2.05) is 17.0 Å². The van der Waals surface area contributed by atoms with Crippen LogP contribution in [0.1, 0.15) is 40.0 Å². The lowest BCUT2D eigenvalue weighted by Crippen LogP contribution is -2.55. The molecular formula is C23H27N3O4. The maximum absolute atomic E-state index is 13.0. The van der Waals surface area contributed by atoms with Gasteiger partial charge in [-0.15, -0.1) is 0 Å². The summed E-state index contributed by atoms with van der Waals surface area (Å²) in [4.78, 5) is 33.5. The number of carbonyl (C=O) groups is 2. The highest BCUT2D eigenvalue weighted by Gasteiger charge is 2.43. The molecule has 2 aliphatic heterocycles. The predicted octanol–water partition coefficient (Wildman–Crippen LogP) is 2.22. The van der Waals surface area contributed by atoms with E-state index >= 15 is 0 Å². The molecule has 1 aromatic carbocycles. The highest BCUT2D eigenvalue weighted by Crippen LogP contribution is 2.40. The summed E-state index contributed by atoms with van der Waals surface area (Å²) >= 11 is 0. The van der Waals surface area contributed by atoms with Gasteiger partial charge in [-0.1, -0.05) is 12.1 Å². The van der Waals surface area contributed by atoms with Crippen molar-refractivity contribution in [1.29, 1.82) is 0 Å². The molecule has 0 aliphatic carbocycles. The average Bonchev–Trinajstić information content (AvgIpc) is 2.78. The van der Waals surface area contributed by atoms with Gasteiger partial charge in [-0.05, 0) is 48.9 Å². The van der Waals surface area contributed by atoms with Crippen LogP contribution in [0.4, 0.5) is 0 Å². The number of hydrogen-bond acceptors (Lipinski definition) is 5. The van der Waals surface area contributed by atoms with Crippen molar-refractivity contribution in [2.75, 3.05) is 33.3 Å². The number of nitrogens with zero attached hydrogens (tertiary/aromatic N) is 3. The van der Waals surface area contributed by atoms with Crippen molar-refractivity contribution >= 4 is 11.8 Å². The van der Waals surface area contributed by atoms with E-state index in [9.17, 15) is 14.7 Å². The standard InChI is InChI=1S/C23H27N3O4/c1-30-20-7-3-2-6-19(20)22(29)25-11-8-23(9-12-25)13-18(27)15-26(16-23)21(28)17-5-4-10-24-14-17/h2-7,10,14,18,27H,8-9,11-13,15-16H2,1H3. The molecule has 1 aromatic heterocycles. The predicted molar refractivity (Wildman–Crippen MR) is 111 cm³/mol. The topological polar surface area (TPSA) is 83.0 Å². The molecule has 1 spiro atoms. The molecule has 0 bridgehead atoms. The fourth-order valence-corrected chi connectivity index (χ4v) is 4.72. The molecule has 7 heteroatoms. The minimum atomic E-state index is -0.559. The van der Waals surface area contributed by atoms with Crippen molar-refractivity contribution in [2.45, 2.75) is 25.4 Å². The van der Waals surface area contributed by atoms with Crippen LogP contribution >= 0.6 is 0 Å². The Morgan fingerprint density at radius 3 is 2.57 bits per heavy atom. The van der Waals surface area contributed by atoms with Gasteiger partial charge in [-0.3, -0.25) is 14.6 Å². The SMILES string of the molecule is COc1ccccc1C(=O)N1CCC2(CC1)CC(O)CN(C(=O)c1cccnc1)C2. The van der Waals surface area contributed by atoms with Crippen molar-refractivity contribution in [2.24, 2.45) is 5.41 Å². The lowest BCUT2D eigenvalue weighted by atomic mass is 9.71. The van der Waals surface area contributed by atoms with E-state index in [4.69, 9.17) is 4.74 Å². The second-order valence-electron chi connectivity index (χ2n) is 8.28. The summed E-state index contributed by atoms with van der Waals surface area (Å²) in [6.45, 7) is 2.12. The first kappa shape index (κ1) is 20.3. The van der Waals surface area contributed by atoms with E-state index in [1.54, 1.807) is 48.7 Å². The zero-order valence-electron chi connectivity index (χ0n) is 17.2. The van der Waals surface area contributed by atoms with E-state index in [0.717, 1.165) is 12.8 Å². The van der Waals surface area contributed by atoms with Gasteiger partial charge in [0.1, 0.15) is 5.75 Å². The van der Waals surface area contributed by atoms with Crippen LogP contribution in [0.25, 0.3) is 0 Å². The van der Waals surface area contributed by atoms with Gasteiger partial charge < -0.3 is 19.6 Å². The third kappa shape index (κ3) is 4.03. The van der Waals surface area contributed by atoms with Crippen molar-refractivity contribution in [3.63, 3.8) is 0 Å². The van der Waals surface area contributed by atoms with E-state index < -0.39 is 6.10 Å². The van der Waals surface area contributed by atoms with Crippen molar-refractivity contribution in [1.82, 2.24) is 14.8 Å². The number of benzene rings is 1. The number of aliphatic hydroxyl groups excluding tert-OH is 1. The fourth-order valence-electron chi connectivity index (χ4n) is 4.72. The maximum Gasteiger partial charge on any atom is 0.257 e. The molecule has 3 heterocycles. The number of carbonyl (C=O) groups excluding carboxylic acids is 2. The van der Waals surface area contributed by atoms with Gasteiger partial charge in [0.15, 0.2) is 0 Å². The molecule has 1 atom stereocenters. The molecule has 7 nitrogen and oxygen atoms in total. The van der Waals surface area contributed by atoms with Gasteiger partial charge in [-0.2, -0.15) is 0 Å². The number of pyridine rings is 1. The lowest BCUT2D eigenvalue weighted by molar-refractivity contribution is -0.0299. The monoisotopic (exact) mass is 409 g/mol. The molecule has 30 heavy (non-hydrogen) atoms. The minimum absolute atomic E-state index is 0.0399. The van der Waals surface area contributed by atoms with E-state index in [-0.39, 0.29) is 17.2 Å². The number of aliphatic hydroxyl groups is 1. The molecule has 2 saturated heterocycles. The Hall–Kier alpha value is -2.93. The largest absolute Gasteiger partial charge is 0.496 e. The number of para-hydroxylation sites is 1. The second-order valence-corrected chi connectivity index (χ2v) is 8.28. The van der Waals surface area contributed by atoms with Gasteiger partial charge in [0, 0.05) is 38.6 Å². The molecule has 2 aliphatic rings. The van der Waals surface area contributed by atoms with Crippen LogP contribution in [0.5, 0.6) is 5.75 Å². The number of piperidine rings is 2. The first-order chi connectivity index (χ1) is 14.5. The number of β-amino-alcohol motifs (C(OH)–C–C–N with tert-alkyl or cyclic N) is 1. The Balaban J connectivity index is 1.45. The maximum atomic E-state index is 13.0. The number of ether oxygens (including phenoxy) is 1. The summed E-state index contributed by atoms with van der Waals surface area (Å²) in [7, 11) is 1.56. The first-order valence-corrected chi connectivity index (χ1v) is 10.3. The van der Waals surface area contributed by atoms with Gasteiger partial charge in [-0.25, -0.2) is 0 Å². The second kappa shape index (κ2) is 8.44. The number of rotatable bonds is 3. The minimum Gasteiger partial charge on any atom is -0.496 e. The molecule has 0 radical (unpaired) electrons. The summed E-state index contributed by atoms with van der Waals surface area (Å²) in [6, 6.07) is 10.7. The number of hydrogen-bond donors (Lipinski definition) is 1. The van der Waals surface area contributed by atoms with Crippen molar-refractivity contribution in [3.8, 4) is 5.75 Å². The lowest BCUT2D eigenvalue weighted by Gasteiger charge is -2.49. The molecule has 1 N–H and O–H groups in total. The Bertz CT molecular complexity index is 910. The fraction of sp³-hybridized carbons (Fsp3) is 0.435. The highest BCUT2D eigenvalue weighted by molar-refractivity contribution is 5.97. The third-order valence-corrected chi connectivity index (χ3v) is 6.27. The molecule has 1 unspecified atom stereocenters. The summed E-state index contributed by atoms with van der Waals surface area (Å²) in [6.07, 6.45) is 4.79. The van der Waals surface area contributed by atoms with Crippen LogP contribution in [0.15, 0.2) is 48.8 Å². The normalized spacial score (nSPS) is 20.8. The molecule has 158 valence electrons. The van der Waals surface area contributed by atoms with E-state index in [1.165, 1.54) is 0 Å². The van der Waals surface area contributed by atoms with Gasteiger partial charge in [0.25, 0.3) is 11.8 Å². The van der Waals surface area contributed by atoms with Gasteiger partial charge in [0.05, 0.1) is 24.3 Å². The van der Waals surface area contributed by atoms with Gasteiger partial charge in [0.2, 0.25) is 0 Å². The number of methoxy groups -OCH3 is 1. The zero-order chi connectivity index (χ0) is 21.1. The van der Waals surface area contributed by atoms with Crippen LogP contribution < -0.4 is 4.74 Å². The molecule has 2 aromatic rings. The summed E-state index contributed by atoms with van der Waals surface area (Å²) in [5.41, 5.74) is 0.922. The zero-order valence-corrected chi connectivity index (χ0v) is 17.2. The molecular weight excluding hydrogens is 382 g/mol. The quantitative estimate of drug-likeness (QED) is 0.841. The molecule has 2 amide bonds. The average molecular weight is 409 g/mol. The summed E-state index contributed by atoms with van der Waals surface area (Å²) < 4.78 is 5.33. The number of likely N-dealkylation sites (tertiary alicyclic amines) is 2. The Morgan fingerprint density at radius 1 is 1.10 bits per heavy atom. The van der Waals surface area contributed by atoms with Crippen LogP contribution in [0.2, 0.25) is 0 Å². The number of amides is 2. The molecule has 4 rings (SSSR count). The van der Waals surface area contributed by atoms with Gasteiger partial charge >= 0.3 is 0 Å². The Morgan fingerprint density at radius 2 is 1.87 bits per heavy atom. The molecule has 0 saturated carbocycles. The van der Waals surface area contributed by atoms with Crippen LogP contribution in [-0.2, 0) is 0 Å². The summed E-state index contributed by atoms with van der Waals surface area (Å²) in [5.74, 6) is 0.430. The third-order valence-electron chi connectivity index (χ3n) is 6.27. The van der Waals surface area contributed by atoms with Crippen molar-refractivity contribution < 1.29 is 19.4 Å². The summed E-state index contributed by atoms with van der Waals surface area (Å²) in [5, 5.41) is 10.5. The molecule has 2 fully saturated rings. The highest BCUT2D eigenvalue weighted by atomic mass is 16.5. The Kier molecular flexibility index (Phi) is 5.72. The van der Waals surface area contributed by atoms with Crippen LogP contribution in [0, 0.1) is 5.41 Å². The Labute approximate surface area is 176 Å². The first-order valence-electron chi connectivity index (χ1n) is 10.3. The van der Waals surface area contributed by atoms with Crippen LogP contribution in [0.3, 0.4) is 0 Å².